The zero-order chi connectivity index (χ0) is 7.44. The molecule has 0 unspecified atom stereocenters. The molecule has 1 atom stereocenters. The minimum absolute atomic E-state index is 0. The number of carboxylic acid groups (broad SMARTS) is 1. The fraction of sp³-hybridized carbons (Fsp3) is 0.600. The summed E-state index contributed by atoms with van der Waals surface area (Å²) in [6.07, 6.45) is 1.45. The average molecular weight is 308 g/mol. The number of amides is 1. The number of aliphatic carboxylic acids is 1. The van der Waals surface area contributed by atoms with E-state index in [0.29, 0.717) is 0 Å². The van der Waals surface area contributed by atoms with Crippen LogP contribution in [0.1, 0.15) is 6.92 Å². The van der Waals surface area contributed by atoms with E-state index in [2.05, 4.69) is 0 Å². The van der Waals surface area contributed by atoms with Gasteiger partial charge in [-0.05, 0) is 14.0 Å². The summed E-state index contributed by atoms with van der Waals surface area (Å²) >= 11 is 0. The molecule has 0 aromatic carbocycles. The van der Waals surface area contributed by atoms with Crippen LogP contribution < -0.4 is 0 Å². The first kappa shape index (κ1) is 18.0. The van der Waals surface area contributed by atoms with Crippen LogP contribution in [0.5, 0.6) is 0 Å². The number of carboxylic acids is 1. The van der Waals surface area contributed by atoms with Crippen molar-refractivity contribution in [2.45, 2.75) is 13.0 Å². The minimum atomic E-state index is -1.03. The van der Waals surface area contributed by atoms with Gasteiger partial charge in [-0.25, -0.2) is 0 Å². The number of likely N-dealkylation sites (N-methyl/N-ethyl adjacent to an activating group) is 1. The molecule has 58 valence electrons. The predicted molar refractivity (Wildman–Crippen MR) is 30.6 cm³/mol. The molecule has 0 heterocycles. The molecule has 0 spiro atoms. The Balaban J connectivity index is -0.000000320. The maximum absolute atomic E-state index is 10.1. The second-order valence-electron chi connectivity index (χ2n) is 1.72. The Bertz CT molecular complexity index is 131. The van der Waals surface area contributed by atoms with Gasteiger partial charge in [0.15, 0.2) is 0 Å². The van der Waals surface area contributed by atoms with Crippen LogP contribution in [0.4, 0.5) is 0 Å². The molecule has 0 saturated heterocycles. The summed E-state index contributed by atoms with van der Waals surface area (Å²) in [5.41, 5.74) is 0. The van der Waals surface area contributed by atoms with Gasteiger partial charge < -0.3 is 14.8 Å². The third-order valence-corrected chi connectivity index (χ3v) is 1.08. The zero-order valence-corrected chi connectivity index (χ0v) is 12.1. The Hall–Kier alpha value is 1.15. The summed E-state index contributed by atoms with van der Waals surface area (Å²) in [4.78, 5) is 20.8. The smallest absolute Gasteiger partial charge is 0.323 e. The molecule has 1 amide bonds. The molecule has 2 radical (unpaired) electrons. The van der Waals surface area contributed by atoms with Crippen molar-refractivity contribution < 1.29 is 80.1 Å². The van der Waals surface area contributed by atoms with E-state index in [1.807, 2.05) is 0 Å². The predicted octanol–water partition coefficient (Wildman–Crippen LogP) is -0.546. The van der Waals surface area contributed by atoms with Gasteiger partial charge in [-0.1, -0.05) is 0 Å². The topological polar surface area (TPSA) is 57.6 Å². The molecule has 0 rings (SSSR count). The van der Waals surface area contributed by atoms with Crippen molar-refractivity contribution in [1.82, 2.24) is 4.90 Å². The fourth-order valence-electron chi connectivity index (χ4n) is 0.245. The molecule has 0 bridgehead atoms. The maximum atomic E-state index is 10.1. The normalized spacial score (nSPS) is 10.0. The van der Waals surface area contributed by atoms with E-state index in [4.69, 9.17) is 5.11 Å². The summed E-state index contributed by atoms with van der Waals surface area (Å²) in [5, 5.41) is 8.26. The van der Waals surface area contributed by atoms with Gasteiger partial charge in [-0.2, -0.15) is 6.41 Å². The Morgan fingerprint density at radius 3 is 2.00 bits per heavy atom. The Kier molecular flexibility index (Phi) is 15.1. The van der Waals surface area contributed by atoms with Crippen molar-refractivity contribution in [1.29, 1.82) is 0 Å². The monoisotopic (exact) mass is 308 g/mol. The van der Waals surface area contributed by atoms with Crippen molar-refractivity contribution in [3.05, 3.63) is 0 Å². The van der Waals surface area contributed by atoms with E-state index in [0.717, 1.165) is 4.90 Å². The Labute approximate surface area is 116 Å². The Morgan fingerprint density at radius 1 is 1.55 bits per heavy atom. The quantitative estimate of drug-likeness (QED) is 0.562. The number of hydrogen-bond donors (Lipinski definition) is 1. The van der Waals surface area contributed by atoms with Crippen LogP contribution in [0, 0.1) is 0 Å². The molecule has 0 aromatic rings. The Morgan fingerprint density at radius 2 is 1.91 bits per heavy atom. The van der Waals surface area contributed by atoms with Crippen molar-refractivity contribution in [2.75, 3.05) is 7.05 Å². The van der Waals surface area contributed by atoms with E-state index in [9.17, 15) is 9.59 Å². The van der Waals surface area contributed by atoms with E-state index < -0.39 is 12.0 Å². The van der Waals surface area contributed by atoms with Crippen LogP contribution in [0.15, 0.2) is 0 Å². The molecule has 0 aromatic heterocycles. The van der Waals surface area contributed by atoms with Crippen LogP contribution in [-0.2, 0) is 75.0 Å². The largest absolute Gasteiger partial charge is 0.520 e. The average Bonchev–Trinajstić information content (AvgIpc) is 1.84. The van der Waals surface area contributed by atoms with E-state index >= 15 is 0 Å². The van der Waals surface area contributed by atoms with Gasteiger partial charge >= 0.3 is 5.97 Å². The number of rotatable bonds is 3. The van der Waals surface area contributed by atoms with Crippen molar-refractivity contribution in [3.8, 4) is 0 Å². The van der Waals surface area contributed by atoms with Gasteiger partial charge in [0, 0.05) is 65.4 Å². The summed E-state index contributed by atoms with van der Waals surface area (Å²) in [5.74, 6) is -1.03. The molecule has 0 aliphatic carbocycles. The van der Waals surface area contributed by atoms with Crippen LogP contribution in [-0.4, -0.2) is 35.5 Å². The number of carbonyl (C=O) groups is 1. The van der Waals surface area contributed by atoms with Gasteiger partial charge in [-0.15, -0.1) is 0 Å². The van der Waals surface area contributed by atoms with Gasteiger partial charge in [0.1, 0.15) is 0 Å². The minimum Gasteiger partial charge on any atom is -0.520 e. The van der Waals surface area contributed by atoms with Gasteiger partial charge in [0.05, 0.1) is 6.04 Å². The van der Waals surface area contributed by atoms with Crippen LogP contribution in [0.25, 0.3) is 0 Å². The third-order valence-electron chi connectivity index (χ3n) is 1.08. The van der Waals surface area contributed by atoms with Gasteiger partial charge in [-0.3, -0.25) is 4.79 Å². The second-order valence-corrected chi connectivity index (χ2v) is 1.72. The van der Waals surface area contributed by atoms with Crippen LogP contribution >= 0.6 is 0 Å². The van der Waals surface area contributed by atoms with Crippen molar-refractivity contribution >= 4 is 12.4 Å². The van der Waals surface area contributed by atoms with Crippen molar-refractivity contribution in [2.24, 2.45) is 0 Å². The molecule has 0 aliphatic heterocycles. The van der Waals surface area contributed by atoms with Crippen LogP contribution in [0.3, 0.4) is 0 Å². The van der Waals surface area contributed by atoms with E-state index in [-0.39, 0.29) is 65.4 Å². The number of carbonyl (C=O) groups excluding carboxylic acids is 1. The SMILES string of the molecule is C[C@@H](C(=O)O)N(C)[C-]=O.[Y].[Y]. The van der Waals surface area contributed by atoms with Gasteiger partial charge in [0.25, 0.3) is 0 Å². The maximum Gasteiger partial charge on any atom is 0.323 e. The summed E-state index contributed by atoms with van der Waals surface area (Å²) < 4.78 is 0. The fourth-order valence-corrected chi connectivity index (χ4v) is 0.245. The van der Waals surface area contributed by atoms with Crippen molar-refractivity contribution in [3.63, 3.8) is 0 Å². The zero-order valence-electron chi connectivity index (χ0n) is 6.44. The molecule has 0 fully saturated rings. The number of hydrogen-bond acceptors (Lipinski definition) is 2. The van der Waals surface area contributed by atoms with Crippen LogP contribution in [0.2, 0.25) is 0 Å². The van der Waals surface area contributed by atoms with Gasteiger partial charge in [0.2, 0.25) is 0 Å². The first-order valence-corrected chi connectivity index (χ1v) is 2.43. The molecule has 4 nitrogen and oxygen atoms in total. The molecular weight excluding hydrogens is 300 g/mol. The molecular formula is C5H8NO3Y2-. The standard InChI is InChI=1S/C5H8NO3.2Y/c1-4(5(8)9)6(2)3-7;;/h4H,1-2H3,(H,8,9);;/q-1;;/t4-;;/m0../s1. The first-order chi connectivity index (χ1) is 4.09. The molecule has 11 heavy (non-hydrogen) atoms. The molecule has 0 saturated carbocycles. The summed E-state index contributed by atoms with van der Waals surface area (Å²) in [6, 6.07) is -0.789. The third kappa shape index (κ3) is 7.51. The van der Waals surface area contributed by atoms with E-state index in [1.54, 1.807) is 0 Å². The van der Waals surface area contributed by atoms with E-state index in [1.165, 1.54) is 20.4 Å². The molecule has 1 N–H and O–H groups in total. The molecule has 6 heteroatoms. The molecule has 0 aliphatic rings. The second kappa shape index (κ2) is 9.24. The summed E-state index contributed by atoms with van der Waals surface area (Å²) in [7, 11) is 1.37. The first-order valence-electron chi connectivity index (χ1n) is 2.43. The summed E-state index contributed by atoms with van der Waals surface area (Å²) in [6.45, 7) is 1.41. The number of nitrogens with zero attached hydrogens (tertiary/aromatic N) is 1.